The number of pyridine rings is 1. The van der Waals surface area contributed by atoms with Gasteiger partial charge in [-0.3, -0.25) is 0 Å². The Kier molecular flexibility index (Phi) is 6.12. The molecular formula is C21H26N4O4S. The molecule has 2 heterocycles. The Morgan fingerprint density at radius 1 is 1.17 bits per heavy atom. The van der Waals surface area contributed by atoms with Crippen LogP contribution in [0.25, 0.3) is 11.0 Å². The predicted molar refractivity (Wildman–Crippen MR) is 115 cm³/mol. The van der Waals surface area contributed by atoms with E-state index in [1.54, 1.807) is 0 Å². The first-order valence-corrected chi connectivity index (χ1v) is 11.5. The van der Waals surface area contributed by atoms with Gasteiger partial charge in [0.05, 0.1) is 21.7 Å². The molecule has 160 valence electrons. The van der Waals surface area contributed by atoms with E-state index in [1.807, 2.05) is 13.8 Å². The van der Waals surface area contributed by atoms with Crippen molar-refractivity contribution < 1.29 is 18.3 Å². The largest absolute Gasteiger partial charge is 0.478 e. The molecule has 0 unspecified atom stereocenters. The summed E-state index contributed by atoms with van der Waals surface area (Å²) in [6.07, 6.45) is 2.06. The molecule has 0 amide bonds. The number of nitrogens with zero attached hydrogens (tertiary/aromatic N) is 3. The minimum absolute atomic E-state index is 0.0523. The first kappa shape index (κ1) is 21.8. The lowest BCUT2D eigenvalue weighted by Gasteiger charge is -2.12. The molecule has 0 aliphatic carbocycles. The van der Waals surface area contributed by atoms with Crippen molar-refractivity contribution in [2.24, 2.45) is 0 Å². The molecule has 0 fully saturated rings. The summed E-state index contributed by atoms with van der Waals surface area (Å²) in [7, 11) is -3.52. The van der Waals surface area contributed by atoms with Gasteiger partial charge in [-0.1, -0.05) is 6.92 Å². The molecule has 30 heavy (non-hydrogen) atoms. The van der Waals surface area contributed by atoms with E-state index in [-0.39, 0.29) is 16.2 Å². The van der Waals surface area contributed by atoms with Crippen molar-refractivity contribution in [1.29, 1.82) is 0 Å². The number of carbonyl (C=O) groups is 1. The van der Waals surface area contributed by atoms with Crippen molar-refractivity contribution >= 4 is 32.7 Å². The summed E-state index contributed by atoms with van der Waals surface area (Å²) in [4.78, 5) is 20.1. The van der Waals surface area contributed by atoms with Crippen LogP contribution in [0.1, 0.15) is 47.2 Å². The van der Waals surface area contributed by atoms with Crippen molar-refractivity contribution in [3.8, 4) is 0 Å². The number of anilines is 1. The number of rotatable bonds is 8. The molecular weight excluding hydrogens is 404 g/mol. The number of imidazole rings is 1. The number of sulfone groups is 1. The van der Waals surface area contributed by atoms with Crippen molar-refractivity contribution in [2.45, 2.75) is 51.5 Å². The molecule has 2 aromatic heterocycles. The second-order valence-corrected chi connectivity index (χ2v) is 9.45. The van der Waals surface area contributed by atoms with Crippen LogP contribution in [-0.4, -0.2) is 39.8 Å². The number of benzene rings is 1. The molecule has 8 nitrogen and oxygen atoms in total. The average Bonchev–Trinajstić information content (AvgIpc) is 3.05. The van der Waals surface area contributed by atoms with Gasteiger partial charge in [-0.2, -0.15) is 0 Å². The van der Waals surface area contributed by atoms with Crippen LogP contribution in [0.4, 0.5) is 5.82 Å². The highest BCUT2D eigenvalue weighted by atomic mass is 32.2. The van der Waals surface area contributed by atoms with E-state index in [1.165, 1.54) is 24.3 Å². The molecule has 9 heteroatoms. The number of nitrogen functional groups attached to an aromatic ring is 1. The van der Waals surface area contributed by atoms with Gasteiger partial charge in [0.25, 0.3) is 0 Å². The summed E-state index contributed by atoms with van der Waals surface area (Å²) in [5, 5.41) is 8.97. The zero-order valence-electron chi connectivity index (χ0n) is 17.3. The summed E-state index contributed by atoms with van der Waals surface area (Å²) in [5.41, 5.74) is 9.53. The second-order valence-electron chi connectivity index (χ2n) is 7.34. The van der Waals surface area contributed by atoms with Gasteiger partial charge in [0.1, 0.15) is 11.3 Å². The van der Waals surface area contributed by atoms with Crippen LogP contribution in [0.3, 0.4) is 0 Å². The van der Waals surface area contributed by atoms with Gasteiger partial charge in [0, 0.05) is 18.7 Å². The quantitative estimate of drug-likeness (QED) is 0.562. The second kappa shape index (κ2) is 8.43. The first-order chi connectivity index (χ1) is 14.2. The molecule has 0 radical (unpaired) electrons. The Morgan fingerprint density at radius 3 is 2.43 bits per heavy atom. The van der Waals surface area contributed by atoms with Gasteiger partial charge >= 0.3 is 5.97 Å². The predicted octanol–water partition coefficient (Wildman–Crippen LogP) is 3.15. The van der Waals surface area contributed by atoms with Gasteiger partial charge in [0.2, 0.25) is 0 Å². The highest BCUT2D eigenvalue weighted by Crippen LogP contribution is 2.27. The Balaban J connectivity index is 1.86. The van der Waals surface area contributed by atoms with Gasteiger partial charge in [0.15, 0.2) is 15.7 Å². The zero-order chi connectivity index (χ0) is 22.1. The number of aromatic nitrogens is 3. The standard InChI is InChI=1S/C21H26N4O4S/c1-4-6-17-24-18-19(13(2)14(3)23-20(18)22)25(17)11-5-12-30(28,29)16-9-7-15(8-10-16)21(26)27/h7-10H,4-6,11-12H2,1-3H3,(H2,22,23)(H,26,27). The number of hydrogen-bond acceptors (Lipinski definition) is 6. The maximum atomic E-state index is 12.7. The third-order valence-corrected chi connectivity index (χ3v) is 7.02. The lowest BCUT2D eigenvalue weighted by molar-refractivity contribution is 0.0696. The Bertz CT molecular complexity index is 1200. The van der Waals surface area contributed by atoms with Crippen LogP contribution < -0.4 is 5.73 Å². The fourth-order valence-electron chi connectivity index (χ4n) is 3.54. The van der Waals surface area contributed by atoms with Crippen molar-refractivity contribution in [2.75, 3.05) is 11.5 Å². The Morgan fingerprint density at radius 2 is 1.83 bits per heavy atom. The third-order valence-electron chi connectivity index (χ3n) is 5.20. The lowest BCUT2D eigenvalue weighted by atomic mass is 10.2. The van der Waals surface area contributed by atoms with Crippen molar-refractivity contribution in [1.82, 2.24) is 14.5 Å². The number of hydrogen-bond donors (Lipinski definition) is 2. The summed E-state index contributed by atoms with van der Waals surface area (Å²) >= 11 is 0. The van der Waals surface area contributed by atoms with Gasteiger partial charge < -0.3 is 15.4 Å². The number of nitrogens with two attached hydrogens (primary N) is 1. The highest BCUT2D eigenvalue weighted by molar-refractivity contribution is 7.91. The minimum atomic E-state index is -3.52. The minimum Gasteiger partial charge on any atom is -0.478 e. The topological polar surface area (TPSA) is 128 Å². The van der Waals surface area contributed by atoms with Crippen molar-refractivity contribution in [3.63, 3.8) is 0 Å². The molecule has 3 aromatic rings. The number of carboxylic acid groups (broad SMARTS) is 1. The van der Waals surface area contributed by atoms with Gasteiger partial charge in [-0.15, -0.1) is 0 Å². The Hall–Kier alpha value is -2.94. The number of aromatic carboxylic acids is 1. The number of fused-ring (bicyclic) bond motifs is 1. The molecule has 0 aliphatic heterocycles. The molecule has 3 N–H and O–H groups in total. The monoisotopic (exact) mass is 430 g/mol. The third kappa shape index (κ3) is 4.16. The maximum Gasteiger partial charge on any atom is 0.335 e. The van der Waals surface area contributed by atoms with Crippen LogP contribution in [0.5, 0.6) is 0 Å². The van der Waals surface area contributed by atoms with Crippen LogP contribution in [0.2, 0.25) is 0 Å². The number of aryl methyl sites for hydroxylation is 4. The van der Waals surface area contributed by atoms with Crippen molar-refractivity contribution in [3.05, 3.63) is 46.9 Å². The summed E-state index contributed by atoms with van der Waals surface area (Å²) in [6.45, 7) is 6.42. The van der Waals surface area contributed by atoms with Crippen LogP contribution in [-0.2, 0) is 22.8 Å². The average molecular weight is 431 g/mol. The van der Waals surface area contributed by atoms with E-state index in [0.717, 1.165) is 35.4 Å². The normalized spacial score (nSPS) is 11.8. The summed E-state index contributed by atoms with van der Waals surface area (Å²) in [6, 6.07) is 5.29. The SMILES string of the molecule is CCCc1nc2c(N)nc(C)c(C)c2n1CCCS(=O)(=O)c1ccc(C(=O)O)cc1. The maximum absolute atomic E-state index is 12.7. The molecule has 1 aromatic carbocycles. The van der Waals surface area contributed by atoms with E-state index in [2.05, 4.69) is 21.5 Å². The fraction of sp³-hybridized carbons (Fsp3) is 0.381. The summed E-state index contributed by atoms with van der Waals surface area (Å²) < 4.78 is 27.4. The number of carboxylic acids is 1. The molecule has 3 rings (SSSR count). The van der Waals surface area contributed by atoms with E-state index in [9.17, 15) is 13.2 Å². The van der Waals surface area contributed by atoms with E-state index in [4.69, 9.17) is 10.8 Å². The van der Waals surface area contributed by atoms with Crippen LogP contribution in [0.15, 0.2) is 29.2 Å². The molecule has 0 spiro atoms. The van der Waals surface area contributed by atoms with Crippen LogP contribution in [0, 0.1) is 13.8 Å². The van der Waals surface area contributed by atoms with E-state index in [0.29, 0.717) is 24.3 Å². The molecule has 0 aliphatic rings. The Labute approximate surface area is 175 Å². The summed E-state index contributed by atoms with van der Waals surface area (Å²) in [5.74, 6) is 0.116. The van der Waals surface area contributed by atoms with Gasteiger partial charge in [-0.25, -0.2) is 23.2 Å². The smallest absolute Gasteiger partial charge is 0.335 e. The van der Waals surface area contributed by atoms with E-state index < -0.39 is 15.8 Å². The molecule has 0 bridgehead atoms. The zero-order valence-corrected chi connectivity index (χ0v) is 18.2. The van der Waals surface area contributed by atoms with Crippen LogP contribution >= 0.6 is 0 Å². The lowest BCUT2D eigenvalue weighted by Crippen LogP contribution is -2.12. The molecule has 0 saturated heterocycles. The highest BCUT2D eigenvalue weighted by Gasteiger charge is 2.19. The van der Waals surface area contributed by atoms with E-state index >= 15 is 0 Å². The molecule has 0 atom stereocenters. The first-order valence-electron chi connectivity index (χ1n) is 9.83. The van der Waals surface area contributed by atoms with Gasteiger partial charge in [-0.05, 0) is 56.5 Å². The molecule has 0 saturated carbocycles. The fourth-order valence-corrected chi connectivity index (χ4v) is 4.83.